The summed E-state index contributed by atoms with van der Waals surface area (Å²) in [5.41, 5.74) is 3.33. The van der Waals surface area contributed by atoms with Crippen LogP contribution in [0.5, 0.6) is 0 Å². The van der Waals surface area contributed by atoms with Crippen molar-refractivity contribution in [3.05, 3.63) is 118 Å². The van der Waals surface area contributed by atoms with E-state index in [-0.39, 0.29) is 18.7 Å². The van der Waals surface area contributed by atoms with Gasteiger partial charge in [-0.2, -0.15) is 13.2 Å². The van der Waals surface area contributed by atoms with E-state index in [1.807, 2.05) is 18.2 Å². The molecule has 0 saturated heterocycles. The second kappa shape index (κ2) is 11.2. The van der Waals surface area contributed by atoms with Crippen LogP contribution in [0.2, 0.25) is 0 Å². The average molecular weight is 497 g/mol. The highest BCUT2D eigenvalue weighted by molar-refractivity contribution is 5.84. The maximum absolute atomic E-state index is 15.2. The molecule has 0 aliphatic heterocycles. The minimum atomic E-state index is -4.73. The Hall–Kier alpha value is -3.21. The number of aryl methyl sites for hydroxylation is 5. The highest BCUT2D eigenvalue weighted by Crippen LogP contribution is 2.32. The number of benzene rings is 4. The lowest BCUT2D eigenvalue weighted by Gasteiger charge is -2.11. The van der Waals surface area contributed by atoms with Crippen LogP contribution in [0.4, 0.5) is 22.0 Å². The Kier molecular flexibility index (Phi) is 8.07. The largest absolute Gasteiger partial charge is 0.419 e. The van der Waals surface area contributed by atoms with E-state index in [0.29, 0.717) is 16.5 Å². The molecule has 0 fully saturated rings. The highest BCUT2D eigenvalue weighted by Gasteiger charge is 2.33. The summed E-state index contributed by atoms with van der Waals surface area (Å²) in [5.74, 6) is -1.65. The minimum Gasteiger partial charge on any atom is -0.206 e. The van der Waals surface area contributed by atoms with E-state index >= 15 is 4.39 Å². The Morgan fingerprint density at radius 1 is 0.611 bits per heavy atom. The van der Waals surface area contributed by atoms with Crippen LogP contribution in [0.25, 0.3) is 10.8 Å². The second-order valence-electron chi connectivity index (χ2n) is 9.33. The van der Waals surface area contributed by atoms with E-state index in [1.165, 1.54) is 30.0 Å². The predicted octanol–water partition coefficient (Wildman–Crippen LogP) is 9.05. The predicted molar refractivity (Wildman–Crippen MR) is 135 cm³/mol. The Labute approximate surface area is 208 Å². The van der Waals surface area contributed by atoms with Gasteiger partial charge < -0.3 is 0 Å². The maximum Gasteiger partial charge on any atom is 0.419 e. The molecule has 4 aromatic carbocycles. The van der Waals surface area contributed by atoms with Crippen molar-refractivity contribution in [3.8, 4) is 0 Å². The van der Waals surface area contributed by atoms with Crippen LogP contribution >= 0.6 is 0 Å². The van der Waals surface area contributed by atoms with Gasteiger partial charge in [0.25, 0.3) is 0 Å². The van der Waals surface area contributed by atoms with E-state index in [4.69, 9.17) is 0 Å². The third kappa shape index (κ3) is 6.31. The van der Waals surface area contributed by atoms with Crippen molar-refractivity contribution in [3.63, 3.8) is 0 Å². The summed E-state index contributed by atoms with van der Waals surface area (Å²) in [5, 5.41) is 1.32. The third-order valence-corrected chi connectivity index (χ3v) is 6.66. The van der Waals surface area contributed by atoms with Gasteiger partial charge in [-0.1, -0.05) is 74.0 Å². The van der Waals surface area contributed by atoms with Gasteiger partial charge >= 0.3 is 6.18 Å². The van der Waals surface area contributed by atoms with E-state index in [2.05, 4.69) is 31.2 Å². The molecule has 0 radical (unpaired) electrons. The summed E-state index contributed by atoms with van der Waals surface area (Å²) in [6.07, 6.45) is 1.03. The first-order chi connectivity index (χ1) is 17.2. The van der Waals surface area contributed by atoms with Gasteiger partial charge in [0, 0.05) is 5.39 Å². The van der Waals surface area contributed by atoms with Crippen molar-refractivity contribution >= 4 is 10.8 Å². The molecule has 0 spiro atoms. The smallest absolute Gasteiger partial charge is 0.206 e. The fraction of sp³-hybridized carbons (Fsp3) is 0.290. The van der Waals surface area contributed by atoms with E-state index in [9.17, 15) is 17.6 Å². The zero-order chi connectivity index (χ0) is 25.7. The topological polar surface area (TPSA) is 0 Å². The summed E-state index contributed by atoms with van der Waals surface area (Å²) in [6.45, 7) is 2.19. The molecule has 0 atom stereocenters. The van der Waals surface area contributed by atoms with E-state index in [1.54, 1.807) is 12.1 Å². The van der Waals surface area contributed by atoms with Gasteiger partial charge in [0.1, 0.15) is 11.6 Å². The van der Waals surface area contributed by atoms with Gasteiger partial charge in [0.15, 0.2) is 0 Å². The minimum absolute atomic E-state index is 0.243. The monoisotopic (exact) mass is 496 g/mol. The summed E-state index contributed by atoms with van der Waals surface area (Å²) < 4.78 is 67.3. The molecule has 4 rings (SSSR count). The van der Waals surface area contributed by atoms with Gasteiger partial charge in [-0.3, -0.25) is 0 Å². The van der Waals surface area contributed by atoms with Crippen LogP contribution in [0.3, 0.4) is 0 Å². The molecule has 0 aromatic heterocycles. The van der Waals surface area contributed by atoms with Crippen LogP contribution in [0.1, 0.15) is 53.1 Å². The molecule has 5 heteroatoms. The molecule has 36 heavy (non-hydrogen) atoms. The van der Waals surface area contributed by atoms with Gasteiger partial charge in [0.05, 0.1) is 5.56 Å². The molecule has 0 bridgehead atoms. The molecule has 0 unspecified atom stereocenters. The number of unbranched alkanes of at least 4 members (excludes halogenated alkanes) is 1. The summed E-state index contributed by atoms with van der Waals surface area (Å²) in [6, 6.07) is 20.9. The molecular formula is C31H29F5. The Morgan fingerprint density at radius 3 is 1.86 bits per heavy atom. The molecule has 0 amide bonds. The van der Waals surface area contributed by atoms with Gasteiger partial charge in [-0.15, -0.1) is 0 Å². The molecule has 188 valence electrons. The third-order valence-electron chi connectivity index (χ3n) is 6.66. The highest BCUT2D eigenvalue weighted by atomic mass is 19.4. The van der Waals surface area contributed by atoms with Gasteiger partial charge in [-0.25, -0.2) is 8.78 Å². The van der Waals surface area contributed by atoms with Crippen molar-refractivity contribution < 1.29 is 22.0 Å². The number of rotatable bonds is 9. The van der Waals surface area contributed by atoms with Crippen LogP contribution in [-0.2, 0) is 38.3 Å². The second-order valence-corrected chi connectivity index (χ2v) is 9.33. The molecular weight excluding hydrogens is 467 g/mol. The number of hydrogen-bond acceptors (Lipinski definition) is 0. The Bertz CT molecular complexity index is 1320. The molecule has 0 nitrogen and oxygen atoms in total. The van der Waals surface area contributed by atoms with Crippen molar-refractivity contribution in [2.75, 3.05) is 0 Å². The first kappa shape index (κ1) is 25.9. The van der Waals surface area contributed by atoms with Crippen LogP contribution in [0, 0.1) is 11.6 Å². The average Bonchev–Trinajstić information content (AvgIpc) is 2.85. The molecule has 0 N–H and O–H groups in total. The van der Waals surface area contributed by atoms with E-state index in [0.717, 1.165) is 42.3 Å². The fourth-order valence-corrected chi connectivity index (χ4v) is 4.50. The van der Waals surface area contributed by atoms with Crippen molar-refractivity contribution in [2.24, 2.45) is 0 Å². The quantitative estimate of drug-likeness (QED) is 0.203. The summed E-state index contributed by atoms with van der Waals surface area (Å²) >= 11 is 0. The van der Waals surface area contributed by atoms with Crippen molar-refractivity contribution in [2.45, 2.75) is 58.0 Å². The number of hydrogen-bond donors (Lipinski definition) is 0. The van der Waals surface area contributed by atoms with Gasteiger partial charge in [-0.05, 0) is 83.9 Å². The SMILES string of the molecule is CCCCc1ccc(CCc2ccc3c(F)c(CCc4ccc(C(F)(F)F)c(F)c4)ccc3c2)cc1. The first-order valence-corrected chi connectivity index (χ1v) is 12.4. The summed E-state index contributed by atoms with van der Waals surface area (Å²) in [7, 11) is 0. The zero-order valence-corrected chi connectivity index (χ0v) is 20.3. The normalized spacial score (nSPS) is 11.8. The van der Waals surface area contributed by atoms with Crippen molar-refractivity contribution in [1.82, 2.24) is 0 Å². The Morgan fingerprint density at radius 2 is 1.19 bits per heavy atom. The van der Waals surface area contributed by atoms with Crippen LogP contribution in [-0.4, -0.2) is 0 Å². The van der Waals surface area contributed by atoms with Gasteiger partial charge in [0.2, 0.25) is 0 Å². The van der Waals surface area contributed by atoms with Crippen LogP contribution < -0.4 is 0 Å². The fourth-order valence-electron chi connectivity index (χ4n) is 4.50. The Balaban J connectivity index is 1.40. The maximum atomic E-state index is 15.2. The lowest BCUT2D eigenvalue weighted by Crippen LogP contribution is -2.08. The lowest BCUT2D eigenvalue weighted by molar-refractivity contribution is -0.140. The standard InChI is InChI=1S/C31H29F5/c1-2-3-4-21-5-7-22(8-6-21)9-10-23-12-17-27-26(19-23)16-15-25(30(27)33)14-11-24-13-18-28(29(32)20-24)31(34,35)36/h5-8,12-13,15-20H,2-4,9-11,14H2,1H3. The first-order valence-electron chi connectivity index (χ1n) is 12.4. The summed E-state index contributed by atoms with van der Waals surface area (Å²) in [4.78, 5) is 0. The number of fused-ring (bicyclic) bond motifs is 1. The van der Waals surface area contributed by atoms with Crippen LogP contribution in [0.15, 0.2) is 72.8 Å². The molecule has 0 saturated carbocycles. The lowest BCUT2D eigenvalue weighted by atomic mass is 9.96. The molecule has 0 aliphatic carbocycles. The molecule has 0 aliphatic rings. The van der Waals surface area contributed by atoms with E-state index < -0.39 is 17.6 Å². The molecule has 4 aromatic rings. The number of alkyl halides is 3. The molecule has 0 heterocycles. The van der Waals surface area contributed by atoms with Crippen molar-refractivity contribution in [1.29, 1.82) is 0 Å². The number of halogens is 5. The zero-order valence-electron chi connectivity index (χ0n) is 20.3.